The van der Waals surface area contributed by atoms with Crippen LogP contribution in [0.15, 0.2) is 24.3 Å². The zero-order chi connectivity index (χ0) is 26.2. The van der Waals surface area contributed by atoms with Crippen molar-refractivity contribution < 1.29 is 31.5 Å². The highest BCUT2D eigenvalue weighted by atomic mass is 35.5. The molecule has 0 bridgehead atoms. The molecule has 1 aromatic heterocycles. The predicted molar refractivity (Wildman–Crippen MR) is 126 cm³/mol. The number of carbonyl (C=O) groups is 1. The largest absolute Gasteiger partial charge is 0.490 e. The van der Waals surface area contributed by atoms with E-state index in [9.17, 15) is 26.7 Å². The molecule has 0 radical (unpaired) electrons. The summed E-state index contributed by atoms with van der Waals surface area (Å²) < 4.78 is 73.3. The van der Waals surface area contributed by atoms with Gasteiger partial charge in [-0.05, 0) is 43.9 Å². The molecule has 0 spiro atoms. The summed E-state index contributed by atoms with van der Waals surface area (Å²) in [6.45, 7) is -1.14. The number of nitrogens with two attached hydrogens (primary N) is 1. The van der Waals surface area contributed by atoms with Crippen LogP contribution >= 0.6 is 23.2 Å². The number of anilines is 2. The molecule has 0 unspecified atom stereocenters. The number of halogens is 7. The number of nitrogens with one attached hydrogen (secondary N) is 1. The van der Waals surface area contributed by atoms with E-state index in [0.717, 1.165) is 12.1 Å². The fraction of sp³-hybridized carbons (Fsp3) is 0.391. The van der Waals surface area contributed by atoms with Gasteiger partial charge < -0.3 is 20.4 Å². The second kappa shape index (κ2) is 10.3. The number of imidazole rings is 1. The van der Waals surface area contributed by atoms with Gasteiger partial charge in [-0.25, -0.2) is 13.8 Å². The fourth-order valence-electron chi connectivity index (χ4n) is 4.48. The number of aromatic nitrogens is 2. The lowest BCUT2D eigenvalue weighted by molar-refractivity contribution is -0.183. The van der Waals surface area contributed by atoms with Crippen LogP contribution in [0.3, 0.4) is 0 Å². The van der Waals surface area contributed by atoms with E-state index in [0.29, 0.717) is 5.52 Å². The average Bonchev–Trinajstić information content (AvgIpc) is 3.15. The van der Waals surface area contributed by atoms with Crippen LogP contribution < -0.4 is 15.8 Å². The van der Waals surface area contributed by atoms with E-state index in [1.807, 2.05) is 0 Å². The van der Waals surface area contributed by atoms with Gasteiger partial charge in [0.25, 0.3) is 5.91 Å². The third kappa shape index (κ3) is 5.31. The summed E-state index contributed by atoms with van der Waals surface area (Å²) in [5, 5.41) is 2.88. The Morgan fingerprint density at radius 1 is 1.14 bits per heavy atom. The van der Waals surface area contributed by atoms with Crippen LogP contribution in [0, 0.1) is 11.7 Å². The zero-order valence-corrected chi connectivity index (χ0v) is 20.2. The molecular weight excluding hydrogens is 530 g/mol. The molecule has 0 atom stereocenters. The number of benzene rings is 2. The molecule has 13 heteroatoms. The maximum absolute atomic E-state index is 13.7. The third-order valence-electron chi connectivity index (χ3n) is 6.16. The molecule has 1 amide bonds. The maximum atomic E-state index is 13.7. The Labute approximate surface area is 212 Å². The maximum Gasteiger partial charge on any atom is 0.391 e. The monoisotopic (exact) mass is 550 g/mol. The van der Waals surface area contributed by atoms with Gasteiger partial charge in [-0.1, -0.05) is 23.2 Å². The van der Waals surface area contributed by atoms with E-state index in [1.54, 1.807) is 4.57 Å². The van der Waals surface area contributed by atoms with E-state index in [1.165, 1.54) is 12.1 Å². The molecule has 3 aromatic rings. The topological polar surface area (TPSA) is 82.2 Å². The molecule has 1 heterocycles. The van der Waals surface area contributed by atoms with Crippen molar-refractivity contribution in [3.8, 4) is 5.75 Å². The highest BCUT2D eigenvalue weighted by molar-refractivity contribution is 6.39. The number of hydrogen-bond donors (Lipinski definition) is 2. The number of ether oxygens (including phenoxy) is 1. The number of nitrogens with zero attached hydrogens (tertiary/aromatic N) is 2. The van der Waals surface area contributed by atoms with Gasteiger partial charge >= 0.3 is 6.18 Å². The van der Waals surface area contributed by atoms with Crippen molar-refractivity contribution in [2.75, 3.05) is 18.6 Å². The summed E-state index contributed by atoms with van der Waals surface area (Å²) in [5.41, 5.74) is 6.27. The van der Waals surface area contributed by atoms with Crippen molar-refractivity contribution >= 4 is 51.8 Å². The van der Waals surface area contributed by atoms with Gasteiger partial charge in [-0.2, -0.15) is 13.2 Å². The van der Waals surface area contributed by atoms with Crippen LogP contribution in [-0.4, -0.2) is 34.9 Å². The van der Waals surface area contributed by atoms with E-state index in [4.69, 9.17) is 33.7 Å². The van der Waals surface area contributed by atoms with Crippen molar-refractivity contribution in [1.29, 1.82) is 0 Å². The van der Waals surface area contributed by atoms with Gasteiger partial charge in [0.2, 0.25) is 5.95 Å². The highest BCUT2D eigenvalue weighted by Crippen LogP contribution is 2.44. The molecular formula is C23H21Cl2F5N4O2. The van der Waals surface area contributed by atoms with Crippen LogP contribution in [0.2, 0.25) is 10.0 Å². The number of rotatable bonds is 7. The molecule has 1 saturated carbocycles. The number of carbonyl (C=O) groups excluding carboxylic acids is 1. The Balaban J connectivity index is 1.83. The third-order valence-corrected chi connectivity index (χ3v) is 6.76. The standard InChI is InChI=1S/C23H21Cl2F5N4O2/c24-15-7-12(27)8-16(25)20(15)33-22-32-17-9-14(21(31)35)19(36-6-5-26)10-18(17)34(22)13-3-1-11(2-4-13)23(28,29)30/h7-11,13H,1-6H2,(H2,31,35)(H,32,33). The van der Waals surface area contributed by atoms with Crippen LogP contribution in [0.5, 0.6) is 5.75 Å². The lowest BCUT2D eigenvalue weighted by atomic mass is 9.85. The van der Waals surface area contributed by atoms with E-state index < -0.39 is 36.5 Å². The van der Waals surface area contributed by atoms with Gasteiger partial charge in [0.15, 0.2) is 0 Å². The van der Waals surface area contributed by atoms with Crippen LogP contribution in [0.1, 0.15) is 42.1 Å². The first-order chi connectivity index (χ1) is 17.0. The number of primary amides is 1. The number of hydrogen-bond acceptors (Lipinski definition) is 4. The molecule has 1 aliphatic carbocycles. The number of fused-ring (bicyclic) bond motifs is 1. The lowest BCUT2D eigenvalue weighted by Gasteiger charge is -2.31. The second-order valence-corrected chi connectivity index (χ2v) is 9.28. The van der Waals surface area contributed by atoms with Crippen molar-refractivity contribution in [3.63, 3.8) is 0 Å². The van der Waals surface area contributed by atoms with Gasteiger partial charge in [-0.3, -0.25) is 4.79 Å². The van der Waals surface area contributed by atoms with Gasteiger partial charge in [0, 0.05) is 12.1 Å². The molecule has 3 N–H and O–H groups in total. The molecule has 6 nitrogen and oxygen atoms in total. The number of amides is 1. The minimum atomic E-state index is -4.29. The molecule has 1 fully saturated rings. The molecule has 1 aliphatic rings. The first kappa shape index (κ1) is 26.3. The van der Waals surface area contributed by atoms with Crippen molar-refractivity contribution in [2.24, 2.45) is 11.7 Å². The summed E-state index contributed by atoms with van der Waals surface area (Å²) in [4.78, 5) is 16.5. The molecule has 0 aliphatic heterocycles. The fourth-order valence-corrected chi connectivity index (χ4v) is 5.03. The Hall–Kier alpha value is -2.79. The van der Waals surface area contributed by atoms with Crippen molar-refractivity contribution in [3.05, 3.63) is 45.7 Å². The summed E-state index contributed by atoms with van der Waals surface area (Å²) in [6, 6.07) is 4.49. The van der Waals surface area contributed by atoms with E-state index >= 15 is 0 Å². The first-order valence-electron chi connectivity index (χ1n) is 11.0. The van der Waals surface area contributed by atoms with E-state index in [-0.39, 0.29) is 70.8 Å². The minimum absolute atomic E-state index is 0.0159. The predicted octanol–water partition coefficient (Wildman–Crippen LogP) is 6.97. The second-order valence-electron chi connectivity index (χ2n) is 8.46. The number of alkyl halides is 4. The van der Waals surface area contributed by atoms with Gasteiger partial charge in [-0.15, -0.1) is 0 Å². The Morgan fingerprint density at radius 3 is 2.33 bits per heavy atom. The summed E-state index contributed by atoms with van der Waals surface area (Å²) in [6.07, 6.45) is -4.09. The van der Waals surface area contributed by atoms with Gasteiger partial charge in [0.05, 0.1) is 38.2 Å². The lowest BCUT2D eigenvalue weighted by Crippen LogP contribution is -2.29. The SMILES string of the molecule is NC(=O)c1cc2nc(Nc3c(Cl)cc(F)cc3Cl)n(C3CCC(C(F)(F)F)CC3)c2cc1OCCF. The normalized spacial score (nSPS) is 18.4. The first-order valence-corrected chi connectivity index (χ1v) is 11.8. The smallest absolute Gasteiger partial charge is 0.391 e. The highest BCUT2D eigenvalue weighted by Gasteiger charge is 2.42. The molecule has 0 saturated heterocycles. The van der Waals surface area contributed by atoms with E-state index in [2.05, 4.69) is 10.3 Å². The molecule has 4 rings (SSSR count). The summed E-state index contributed by atoms with van der Waals surface area (Å²) in [7, 11) is 0. The molecule has 194 valence electrons. The van der Waals surface area contributed by atoms with Gasteiger partial charge in [0.1, 0.15) is 24.8 Å². The van der Waals surface area contributed by atoms with Crippen LogP contribution in [0.25, 0.3) is 11.0 Å². The summed E-state index contributed by atoms with van der Waals surface area (Å²) in [5.74, 6) is -2.72. The molecule has 36 heavy (non-hydrogen) atoms. The Morgan fingerprint density at radius 2 is 1.78 bits per heavy atom. The van der Waals surface area contributed by atoms with Crippen LogP contribution in [0.4, 0.5) is 33.6 Å². The molecule has 2 aromatic carbocycles. The zero-order valence-electron chi connectivity index (χ0n) is 18.6. The summed E-state index contributed by atoms with van der Waals surface area (Å²) >= 11 is 12.3. The van der Waals surface area contributed by atoms with Crippen molar-refractivity contribution in [1.82, 2.24) is 9.55 Å². The average molecular weight is 551 g/mol. The van der Waals surface area contributed by atoms with Crippen molar-refractivity contribution in [2.45, 2.75) is 37.9 Å². The Kier molecular flexibility index (Phi) is 7.51. The van der Waals surface area contributed by atoms with Crippen LogP contribution in [-0.2, 0) is 0 Å². The minimum Gasteiger partial charge on any atom is -0.490 e. The Bertz CT molecular complexity index is 1270. The quantitative estimate of drug-likeness (QED) is 0.311.